The Hall–Kier alpha value is -1.10. The van der Waals surface area contributed by atoms with Crippen molar-refractivity contribution in [2.75, 3.05) is 0 Å². The third-order valence-electron chi connectivity index (χ3n) is 2.73. The van der Waals surface area contributed by atoms with Gasteiger partial charge in [0.05, 0.1) is 6.54 Å². The van der Waals surface area contributed by atoms with Gasteiger partial charge in [-0.1, -0.05) is 31.2 Å². The van der Waals surface area contributed by atoms with Crippen molar-refractivity contribution in [1.82, 2.24) is 4.57 Å². The molecule has 1 aromatic carbocycles. The first kappa shape index (κ1) is 12.4. The molecule has 0 aliphatic rings. The van der Waals surface area contributed by atoms with Crippen LogP contribution in [0.4, 0.5) is 0 Å². The Labute approximate surface area is 114 Å². The van der Waals surface area contributed by atoms with Crippen LogP contribution in [-0.4, -0.2) is 4.57 Å². The second-order valence-electron chi connectivity index (χ2n) is 3.98. The maximum absolute atomic E-state index is 11.7. The first-order valence-corrected chi connectivity index (χ1v) is 6.70. The van der Waals surface area contributed by atoms with Crippen LogP contribution in [0, 0.1) is 3.57 Å². The Morgan fingerprint density at radius 2 is 1.71 bits per heavy atom. The molecule has 0 atom stereocenters. The number of halogens is 1. The van der Waals surface area contributed by atoms with Crippen LogP contribution < -0.4 is 5.56 Å². The molecule has 0 radical (unpaired) electrons. The van der Waals surface area contributed by atoms with Crippen molar-refractivity contribution in [3.05, 3.63) is 67.6 Å². The van der Waals surface area contributed by atoms with Crippen LogP contribution in [0.1, 0.15) is 18.1 Å². The van der Waals surface area contributed by atoms with E-state index in [-0.39, 0.29) is 5.56 Å². The van der Waals surface area contributed by atoms with Crippen LogP contribution >= 0.6 is 22.6 Å². The fourth-order valence-electron chi connectivity index (χ4n) is 1.70. The van der Waals surface area contributed by atoms with Crippen molar-refractivity contribution < 1.29 is 0 Å². The zero-order valence-electron chi connectivity index (χ0n) is 9.69. The molecule has 0 aliphatic heterocycles. The smallest absolute Gasteiger partial charge is 0.250 e. The van der Waals surface area contributed by atoms with E-state index in [1.165, 1.54) is 5.56 Å². The molecule has 1 aromatic heterocycles. The minimum absolute atomic E-state index is 0.0463. The molecule has 2 nitrogen and oxygen atoms in total. The first-order valence-electron chi connectivity index (χ1n) is 5.63. The zero-order chi connectivity index (χ0) is 12.3. The Bertz CT molecular complexity index is 557. The van der Waals surface area contributed by atoms with E-state index in [0.717, 1.165) is 15.6 Å². The molecule has 3 heteroatoms. The topological polar surface area (TPSA) is 22.0 Å². The maximum Gasteiger partial charge on any atom is 0.250 e. The summed E-state index contributed by atoms with van der Waals surface area (Å²) in [5.41, 5.74) is 2.53. The SMILES string of the molecule is CCc1ccc(Cn2cc(I)ccc2=O)cc1. The summed E-state index contributed by atoms with van der Waals surface area (Å²) in [4.78, 5) is 11.7. The number of aryl methyl sites for hydroxylation is 1. The minimum atomic E-state index is 0.0463. The fourth-order valence-corrected chi connectivity index (χ4v) is 2.22. The summed E-state index contributed by atoms with van der Waals surface area (Å²) in [6, 6.07) is 11.9. The molecule has 0 spiro atoms. The summed E-state index contributed by atoms with van der Waals surface area (Å²) in [5, 5.41) is 0. The number of nitrogens with zero attached hydrogens (tertiary/aromatic N) is 1. The quantitative estimate of drug-likeness (QED) is 0.788. The van der Waals surface area contributed by atoms with E-state index in [1.54, 1.807) is 10.6 Å². The molecule has 0 bridgehead atoms. The van der Waals surface area contributed by atoms with E-state index in [4.69, 9.17) is 0 Å². The molecule has 0 aliphatic carbocycles. The van der Waals surface area contributed by atoms with Crippen LogP contribution in [0.25, 0.3) is 0 Å². The van der Waals surface area contributed by atoms with Crippen LogP contribution in [0.5, 0.6) is 0 Å². The molecule has 0 saturated carbocycles. The lowest BCUT2D eigenvalue weighted by atomic mass is 10.1. The number of aromatic nitrogens is 1. The average Bonchev–Trinajstić information content (AvgIpc) is 2.35. The molecule has 88 valence electrons. The van der Waals surface area contributed by atoms with Crippen molar-refractivity contribution in [1.29, 1.82) is 0 Å². The van der Waals surface area contributed by atoms with Gasteiger partial charge in [-0.2, -0.15) is 0 Å². The highest BCUT2D eigenvalue weighted by molar-refractivity contribution is 14.1. The standard InChI is InChI=1S/C14H14INO/c1-2-11-3-5-12(6-4-11)9-16-10-13(15)7-8-14(16)17/h3-8,10H,2,9H2,1H3. The van der Waals surface area contributed by atoms with Crippen molar-refractivity contribution >= 4 is 22.6 Å². The molecular formula is C14H14INO. The minimum Gasteiger partial charge on any atom is -0.310 e. The normalized spacial score (nSPS) is 10.5. The predicted molar refractivity (Wildman–Crippen MR) is 78.3 cm³/mol. The van der Waals surface area contributed by atoms with Gasteiger partial charge in [-0.3, -0.25) is 4.79 Å². The number of pyridine rings is 1. The summed E-state index contributed by atoms with van der Waals surface area (Å²) < 4.78 is 2.82. The maximum atomic E-state index is 11.7. The van der Waals surface area contributed by atoms with Gasteiger partial charge in [0.1, 0.15) is 0 Å². The Morgan fingerprint density at radius 3 is 2.35 bits per heavy atom. The second kappa shape index (κ2) is 5.49. The fraction of sp³-hybridized carbons (Fsp3) is 0.214. The number of rotatable bonds is 3. The van der Waals surface area contributed by atoms with Gasteiger partial charge in [-0.15, -0.1) is 0 Å². The molecule has 0 N–H and O–H groups in total. The molecule has 2 rings (SSSR count). The predicted octanol–water partition coefficient (Wildman–Crippen LogP) is 3.06. The summed E-state index contributed by atoms with van der Waals surface area (Å²) in [7, 11) is 0. The number of hydrogen-bond donors (Lipinski definition) is 0. The lowest BCUT2D eigenvalue weighted by molar-refractivity contribution is 0.755. The van der Waals surface area contributed by atoms with Crippen LogP contribution in [-0.2, 0) is 13.0 Å². The van der Waals surface area contributed by atoms with Gasteiger partial charge in [0.25, 0.3) is 5.56 Å². The van der Waals surface area contributed by atoms with Gasteiger partial charge in [0, 0.05) is 15.8 Å². The monoisotopic (exact) mass is 339 g/mol. The van der Waals surface area contributed by atoms with Crippen LogP contribution in [0.2, 0.25) is 0 Å². The van der Waals surface area contributed by atoms with Gasteiger partial charge >= 0.3 is 0 Å². The number of benzene rings is 1. The third kappa shape index (κ3) is 3.19. The van der Waals surface area contributed by atoms with E-state index in [0.29, 0.717) is 6.54 Å². The highest BCUT2D eigenvalue weighted by Crippen LogP contribution is 2.07. The van der Waals surface area contributed by atoms with E-state index < -0.39 is 0 Å². The van der Waals surface area contributed by atoms with Crippen molar-refractivity contribution in [3.63, 3.8) is 0 Å². The lowest BCUT2D eigenvalue weighted by Gasteiger charge is -2.06. The van der Waals surface area contributed by atoms with E-state index in [1.807, 2.05) is 12.3 Å². The van der Waals surface area contributed by atoms with Crippen molar-refractivity contribution in [2.24, 2.45) is 0 Å². The van der Waals surface area contributed by atoms with E-state index in [9.17, 15) is 4.79 Å². The lowest BCUT2D eigenvalue weighted by Crippen LogP contribution is -2.19. The van der Waals surface area contributed by atoms with Gasteiger partial charge in [0.2, 0.25) is 0 Å². The summed E-state index contributed by atoms with van der Waals surface area (Å²) in [6.45, 7) is 2.78. The molecule has 1 heterocycles. The summed E-state index contributed by atoms with van der Waals surface area (Å²) in [6.07, 6.45) is 2.93. The second-order valence-corrected chi connectivity index (χ2v) is 5.23. The van der Waals surface area contributed by atoms with Crippen LogP contribution in [0.15, 0.2) is 47.4 Å². The van der Waals surface area contributed by atoms with Crippen molar-refractivity contribution in [2.45, 2.75) is 19.9 Å². The van der Waals surface area contributed by atoms with Gasteiger partial charge in [-0.25, -0.2) is 0 Å². The largest absolute Gasteiger partial charge is 0.310 e. The molecule has 2 aromatic rings. The molecule has 0 amide bonds. The average molecular weight is 339 g/mol. The Kier molecular flexibility index (Phi) is 3.99. The third-order valence-corrected chi connectivity index (χ3v) is 3.37. The number of hydrogen-bond acceptors (Lipinski definition) is 1. The Morgan fingerprint density at radius 1 is 1.06 bits per heavy atom. The first-order chi connectivity index (χ1) is 8.19. The van der Waals surface area contributed by atoms with Gasteiger partial charge in [0.15, 0.2) is 0 Å². The van der Waals surface area contributed by atoms with Crippen LogP contribution in [0.3, 0.4) is 0 Å². The van der Waals surface area contributed by atoms with E-state index in [2.05, 4.69) is 53.8 Å². The summed E-state index contributed by atoms with van der Waals surface area (Å²) in [5.74, 6) is 0. The highest BCUT2D eigenvalue weighted by atomic mass is 127. The molecule has 0 saturated heterocycles. The Balaban J connectivity index is 2.25. The zero-order valence-corrected chi connectivity index (χ0v) is 11.8. The highest BCUT2D eigenvalue weighted by Gasteiger charge is 1.99. The molecular weight excluding hydrogens is 325 g/mol. The molecule has 0 unspecified atom stereocenters. The van der Waals surface area contributed by atoms with Gasteiger partial charge in [-0.05, 0) is 46.2 Å². The van der Waals surface area contributed by atoms with Crippen molar-refractivity contribution in [3.8, 4) is 0 Å². The summed E-state index contributed by atoms with van der Waals surface area (Å²) >= 11 is 2.22. The van der Waals surface area contributed by atoms with Gasteiger partial charge < -0.3 is 4.57 Å². The molecule has 0 fully saturated rings. The van der Waals surface area contributed by atoms with E-state index >= 15 is 0 Å². The molecule has 17 heavy (non-hydrogen) atoms.